The van der Waals surface area contributed by atoms with Crippen LogP contribution >= 0.6 is 0 Å². The molecule has 5 nitrogen and oxygen atoms in total. The first-order valence-corrected chi connectivity index (χ1v) is 7.77. The minimum Gasteiger partial charge on any atom is -0.296 e. The van der Waals surface area contributed by atoms with E-state index in [0.717, 1.165) is 13.1 Å². The first kappa shape index (κ1) is 14.7. The lowest BCUT2D eigenvalue weighted by Crippen LogP contribution is -2.36. The molecule has 0 aliphatic carbocycles. The molecule has 1 saturated heterocycles. The molecule has 5 heteroatoms. The molecule has 1 fully saturated rings. The first-order valence-electron chi connectivity index (χ1n) is 7.77. The van der Waals surface area contributed by atoms with Crippen LogP contribution in [-0.4, -0.2) is 27.5 Å². The Hall–Kier alpha value is -2.19. The molecule has 22 heavy (non-hydrogen) atoms. The Labute approximate surface area is 129 Å². The lowest BCUT2D eigenvalue weighted by atomic mass is 10.0. The number of para-hydroxylation sites is 1. The van der Waals surface area contributed by atoms with Crippen molar-refractivity contribution < 1.29 is 0 Å². The number of likely N-dealkylation sites (tertiary alicyclic amines) is 1. The number of nitrogens with zero attached hydrogens (tertiary/aromatic N) is 4. The van der Waals surface area contributed by atoms with Crippen molar-refractivity contribution in [2.24, 2.45) is 5.92 Å². The van der Waals surface area contributed by atoms with Gasteiger partial charge in [0.2, 0.25) is 0 Å². The van der Waals surface area contributed by atoms with Crippen LogP contribution < -0.4 is 5.56 Å². The third-order valence-corrected chi connectivity index (χ3v) is 4.28. The minimum atomic E-state index is -0.118. The van der Waals surface area contributed by atoms with Crippen LogP contribution in [0, 0.1) is 17.2 Å². The molecule has 1 unspecified atom stereocenters. The summed E-state index contributed by atoms with van der Waals surface area (Å²) < 4.78 is 1.52. The molecule has 0 amide bonds. The second-order valence-electron chi connectivity index (χ2n) is 6.08. The van der Waals surface area contributed by atoms with E-state index in [-0.39, 0.29) is 12.1 Å². The molecule has 1 aromatic carbocycles. The zero-order chi connectivity index (χ0) is 15.5. The number of hydrogen-bond donors (Lipinski definition) is 0. The quantitative estimate of drug-likeness (QED) is 0.870. The fourth-order valence-electron chi connectivity index (χ4n) is 3.20. The van der Waals surface area contributed by atoms with Gasteiger partial charge in [0.1, 0.15) is 12.4 Å². The van der Waals surface area contributed by atoms with Gasteiger partial charge in [0.25, 0.3) is 5.56 Å². The van der Waals surface area contributed by atoms with E-state index in [4.69, 9.17) is 5.26 Å². The van der Waals surface area contributed by atoms with Crippen LogP contribution in [0.25, 0.3) is 10.9 Å². The summed E-state index contributed by atoms with van der Waals surface area (Å²) in [5, 5.41) is 9.61. The lowest BCUT2D eigenvalue weighted by molar-refractivity contribution is 0.170. The van der Waals surface area contributed by atoms with Crippen molar-refractivity contribution in [3.8, 4) is 6.07 Å². The largest absolute Gasteiger partial charge is 0.296 e. The Kier molecular flexibility index (Phi) is 4.21. The number of rotatable bonds is 3. The summed E-state index contributed by atoms with van der Waals surface area (Å²) in [6.45, 7) is 4.98. The van der Waals surface area contributed by atoms with Gasteiger partial charge in [-0.2, -0.15) is 5.26 Å². The highest BCUT2D eigenvalue weighted by Crippen LogP contribution is 2.17. The standard InChI is InChI=1S/C17H20N4O/c1-13-5-4-9-20(11-13)12-16-19-15-7-3-2-6-14(15)17(22)21(16)10-8-18/h2-3,6-7,13H,4-5,9-12H2,1H3. The highest BCUT2D eigenvalue weighted by molar-refractivity contribution is 5.77. The number of fused-ring (bicyclic) bond motifs is 1. The molecule has 114 valence electrons. The van der Waals surface area contributed by atoms with Crippen molar-refractivity contribution in [2.45, 2.75) is 32.9 Å². The van der Waals surface area contributed by atoms with E-state index in [9.17, 15) is 4.79 Å². The van der Waals surface area contributed by atoms with Crippen LogP contribution in [0.3, 0.4) is 0 Å². The Morgan fingerprint density at radius 2 is 2.23 bits per heavy atom. The number of nitriles is 1. The average Bonchev–Trinajstić information content (AvgIpc) is 2.51. The smallest absolute Gasteiger partial charge is 0.262 e. The van der Waals surface area contributed by atoms with Gasteiger partial charge in [0.15, 0.2) is 0 Å². The number of piperidine rings is 1. The number of benzene rings is 1. The van der Waals surface area contributed by atoms with Crippen LogP contribution in [0.5, 0.6) is 0 Å². The van der Waals surface area contributed by atoms with Crippen LogP contribution in [0.1, 0.15) is 25.6 Å². The molecule has 0 saturated carbocycles. The lowest BCUT2D eigenvalue weighted by Gasteiger charge is -2.30. The third kappa shape index (κ3) is 2.88. The Balaban J connectivity index is 2.01. The van der Waals surface area contributed by atoms with Crippen molar-refractivity contribution in [3.63, 3.8) is 0 Å². The fraction of sp³-hybridized carbons (Fsp3) is 0.471. The molecule has 3 rings (SSSR count). The molecule has 1 atom stereocenters. The topological polar surface area (TPSA) is 61.9 Å². The van der Waals surface area contributed by atoms with Gasteiger partial charge in [-0.1, -0.05) is 19.1 Å². The van der Waals surface area contributed by atoms with E-state index in [1.54, 1.807) is 6.07 Å². The monoisotopic (exact) mass is 296 g/mol. The Morgan fingerprint density at radius 3 is 3.00 bits per heavy atom. The molecule has 1 aromatic heterocycles. The molecule has 1 aliphatic heterocycles. The molecular formula is C17H20N4O. The fourth-order valence-corrected chi connectivity index (χ4v) is 3.20. The molecule has 0 radical (unpaired) electrons. The van der Waals surface area contributed by atoms with Crippen molar-refractivity contribution in [3.05, 3.63) is 40.4 Å². The van der Waals surface area contributed by atoms with Crippen molar-refractivity contribution in [2.75, 3.05) is 13.1 Å². The number of aromatic nitrogens is 2. The van der Waals surface area contributed by atoms with Gasteiger partial charge in [-0.05, 0) is 37.4 Å². The van der Waals surface area contributed by atoms with Crippen molar-refractivity contribution >= 4 is 10.9 Å². The highest BCUT2D eigenvalue weighted by atomic mass is 16.1. The maximum atomic E-state index is 12.6. The van der Waals surface area contributed by atoms with Gasteiger partial charge in [0.05, 0.1) is 23.5 Å². The first-order chi connectivity index (χ1) is 10.7. The van der Waals surface area contributed by atoms with Crippen LogP contribution in [-0.2, 0) is 13.1 Å². The van der Waals surface area contributed by atoms with Crippen LogP contribution in [0.15, 0.2) is 29.1 Å². The SMILES string of the molecule is CC1CCCN(Cc2nc3ccccc3c(=O)n2CC#N)C1. The maximum Gasteiger partial charge on any atom is 0.262 e. The second kappa shape index (κ2) is 6.29. The van der Waals surface area contributed by atoms with Gasteiger partial charge in [-0.15, -0.1) is 0 Å². The molecule has 0 bridgehead atoms. The van der Waals surface area contributed by atoms with E-state index >= 15 is 0 Å². The predicted octanol–water partition coefficient (Wildman–Crippen LogP) is 2.15. The van der Waals surface area contributed by atoms with E-state index < -0.39 is 0 Å². The van der Waals surface area contributed by atoms with Gasteiger partial charge in [-0.25, -0.2) is 4.98 Å². The summed E-state index contributed by atoms with van der Waals surface area (Å²) in [6, 6.07) is 9.42. The molecule has 1 aliphatic rings. The molecule has 0 spiro atoms. The Bertz CT molecular complexity index is 774. The number of hydrogen-bond acceptors (Lipinski definition) is 4. The molecular weight excluding hydrogens is 276 g/mol. The van der Waals surface area contributed by atoms with E-state index in [1.807, 2.05) is 18.2 Å². The van der Waals surface area contributed by atoms with Gasteiger partial charge < -0.3 is 0 Å². The second-order valence-corrected chi connectivity index (χ2v) is 6.08. The minimum absolute atomic E-state index is 0.0510. The summed E-state index contributed by atoms with van der Waals surface area (Å²) in [6.07, 6.45) is 2.43. The zero-order valence-electron chi connectivity index (χ0n) is 12.8. The normalized spacial score (nSPS) is 19.2. The van der Waals surface area contributed by atoms with Gasteiger partial charge >= 0.3 is 0 Å². The van der Waals surface area contributed by atoms with Crippen molar-refractivity contribution in [1.82, 2.24) is 14.5 Å². The van der Waals surface area contributed by atoms with E-state index in [2.05, 4.69) is 22.9 Å². The third-order valence-electron chi connectivity index (χ3n) is 4.28. The average molecular weight is 296 g/mol. The summed E-state index contributed by atoms with van der Waals surface area (Å²) in [7, 11) is 0. The van der Waals surface area contributed by atoms with Crippen LogP contribution in [0.2, 0.25) is 0 Å². The zero-order valence-corrected chi connectivity index (χ0v) is 12.8. The summed E-state index contributed by atoms with van der Waals surface area (Å²) in [5.74, 6) is 1.37. The molecule has 2 aromatic rings. The van der Waals surface area contributed by atoms with Gasteiger partial charge in [0, 0.05) is 6.54 Å². The maximum absolute atomic E-state index is 12.6. The molecule has 0 N–H and O–H groups in total. The van der Waals surface area contributed by atoms with Crippen LogP contribution in [0.4, 0.5) is 0 Å². The molecule has 2 heterocycles. The summed E-state index contributed by atoms with van der Waals surface area (Å²) in [5.41, 5.74) is 0.592. The van der Waals surface area contributed by atoms with E-state index in [0.29, 0.717) is 29.2 Å². The van der Waals surface area contributed by atoms with Gasteiger partial charge in [-0.3, -0.25) is 14.3 Å². The predicted molar refractivity (Wildman–Crippen MR) is 85.3 cm³/mol. The Morgan fingerprint density at radius 1 is 1.41 bits per heavy atom. The summed E-state index contributed by atoms with van der Waals surface area (Å²) in [4.78, 5) is 19.6. The van der Waals surface area contributed by atoms with Crippen molar-refractivity contribution in [1.29, 1.82) is 5.26 Å². The highest BCUT2D eigenvalue weighted by Gasteiger charge is 2.19. The summed E-state index contributed by atoms with van der Waals surface area (Å²) >= 11 is 0. The van der Waals surface area contributed by atoms with E-state index in [1.165, 1.54) is 17.4 Å².